The van der Waals surface area contributed by atoms with Gasteiger partial charge in [-0.2, -0.15) is 13.2 Å². The Kier molecular flexibility index (Phi) is 7.20. The fourth-order valence-corrected chi connectivity index (χ4v) is 3.10. The van der Waals surface area contributed by atoms with Gasteiger partial charge >= 0.3 is 6.18 Å². The van der Waals surface area contributed by atoms with Gasteiger partial charge in [-0.25, -0.2) is 0 Å². The average Bonchev–Trinajstić information content (AvgIpc) is 2.21. The lowest BCUT2D eigenvalue weighted by Crippen LogP contribution is -2.50. The van der Waals surface area contributed by atoms with Gasteiger partial charge in [-0.05, 0) is 31.6 Å². The lowest BCUT2D eigenvalue weighted by Gasteiger charge is -2.41. The molecule has 0 aromatic carbocycles. The topological polar surface area (TPSA) is 41.5 Å². The van der Waals surface area contributed by atoms with Crippen LogP contribution in [0, 0.1) is 5.92 Å². The van der Waals surface area contributed by atoms with Crippen molar-refractivity contribution in [3.05, 3.63) is 0 Å². The smallest absolute Gasteiger partial charge is 0.395 e. The van der Waals surface area contributed by atoms with Crippen molar-refractivity contribution in [2.75, 3.05) is 20.2 Å². The Bertz CT molecular complexity index is 290. The third-order valence-electron chi connectivity index (χ3n) is 3.96. The number of alkyl halides is 3. The van der Waals surface area contributed by atoms with Gasteiger partial charge < -0.3 is 14.8 Å². The Morgan fingerprint density at radius 1 is 1.20 bits per heavy atom. The minimum absolute atomic E-state index is 0.00162. The number of rotatable bonds is 7. The average molecular weight is 315 g/mol. The lowest BCUT2D eigenvalue weighted by atomic mass is 9.99. The van der Waals surface area contributed by atoms with E-state index >= 15 is 0 Å². The van der Waals surface area contributed by atoms with Gasteiger partial charge in [0.1, 0.15) is 0 Å². The van der Waals surface area contributed by atoms with E-state index in [2.05, 4.69) is 5.32 Å². The maximum atomic E-state index is 13.2. The van der Waals surface area contributed by atoms with Crippen molar-refractivity contribution >= 4 is 8.32 Å². The van der Waals surface area contributed by atoms with Crippen molar-refractivity contribution < 1.29 is 22.7 Å². The third-order valence-corrected chi connectivity index (χ3v) is 8.46. The monoisotopic (exact) mass is 315 g/mol. The predicted octanol–water partition coefficient (Wildman–Crippen LogP) is 3.16. The van der Waals surface area contributed by atoms with E-state index < -0.39 is 26.5 Å². The fourth-order valence-electron chi connectivity index (χ4n) is 1.70. The van der Waals surface area contributed by atoms with Crippen molar-refractivity contribution in [2.45, 2.75) is 57.6 Å². The van der Waals surface area contributed by atoms with Crippen LogP contribution in [0.4, 0.5) is 13.2 Å². The van der Waals surface area contributed by atoms with Crippen molar-refractivity contribution in [1.29, 1.82) is 0 Å². The minimum atomic E-state index is -4.34. The minimum Gasteiger partial charge on any atom is -0.413 e. The van der Waals surface area contributed by atoms with E-state index in [1.807, 2.05) is 33.9 Å². The molecule has 0 amide bonds. The summed E-state index contributed by atoms with van der Waals surface area (Å²) in [4.78, 5) is 0. The first-order valence-electron chi connectivity index (χ1n) is 6.87. The molecule has 0 rings (SSSR count). The van der Waals surface area contributed by atoms with E-state index in [0.29, 0.717) is 0 Å². The molecule has 2 N–H and O–H groups in total. The number of hydrogen-bond acceptors (Lipinski definition) is 3. The quantitative estimate of drug-likeness (QED) is 0.709. The lowest BCUT2D eigenvalue weighted by molar-refractivity contribution is -0.197. The molecular weight excluding hydrogens is 287 g/mol. The van der Waals surface area contributed by atoms with Crippen LogP contribution in [0.2, 0.25) is 18.1 Å². The summed E-state index contributed by atoms with van der Waals surface area (Å²) in [5.74, 6) is -1.60. The molecule has 0 saturated carbocycles. The highest BCUT2D eigenvalue weighted by Gasteiger charge is 2.48. The Morgan fingerprint density at radius 3 is 2.00 bits per heavy atom. The molecule has 2 unspecified atom stereocenters. The van der Waals surface area contributed by atoms with Crippen molar-refractivity contribution in [3.63, 3.8) is 0 Å². The summed E-state index contributed by atoms with van der Waals surface area (Å²) in [6, 6.07) is 0. The molecule has 7 heteroatoms. The van der Waals surface area contributed by atoms with Gasteiger partial charge in [0.2, 0.25) is 0 Å². The molecule has 0 aliphatic rings. The zero-order valence-corrected chi connectivity index (χ0v) is 14.3. The highest BCUT2D eigenvalue weighted by atomic mass is 28.4. The molecule has 3 nitrogen and oxygen atoms in total. The summed E-state index contributed by atoms with van der Waals surface area (Å²) in [5.41, 5.74) is 0. The van der Waals surface area contributed by atoms with Crippen LogP contribution in [-0.4, -0.2) is 45.9 Å². The SMILES string of the molecule is CNCC(C(CCO)O[Si](C)(C)C(C)(C)C)C(F)(F)F. The second kappa shape index (κ2) is 7.24. The number of hydrogen-bond donors (Lipinski definition) is 2. The first-order valence-corrected chi connectivity index (χ1v) is 9.77. The molecule has 0 spiro atoms. The van der Waals surface area contributed by atoms with Crippen LogP contribution >= 0.6 is 0 Å². The first kappa shape index (κ1) is 19.9. The third kappa shape index (κ3) is 5.71. The highest BCUT2D eigenvalue weighted by molar-refractivity contribution is 6.74. The molecule has 0 bridgehead atoms. The normalized spacial score (nSPS) is 17.1. The van der Waals surface area contributed by atoms with E-state index in [-0.39, 0.29) is 24.6 Å². The molecule has 122 valence electrons. The molecule has 20 heavy (non-hydrogen) atoms. The van der Waals surface area contributed by atoms with Crippen LogP contribution in [0.15, 0.2) is 0 Å². The molecule has 2 atom stereocenters. The van der Waals surface area contributed by atoms with Gasteiger partial charge in [0.25, 0.3) is 0 Å². The Hall–Kier alpha value is -0.113. The van der Waals surface area contributed by atoms with Gasteiger partial charge in [0, 0.05) is 13.2 Å². The second-order valence-corrected chi connectivity index (χ2v) is 11.4. The van der Waals surface area contributed by atoms with Gasteiger partial charge in [-0.15, -0.1) is 0 Å². The molecular formula is C13H28F3NO2Si. The summed E-state index contributed by atoms with van der Waals surface area (Å²) in [6.07, 6.45) is -5.35. The molecule has 0 aromatic heterocycles. The van der Waals surface area contributed by atoms with E-state index in [9.17, 15) is 13.2 Å². The maximum Gasteiger partial charge on any atom is 0.395 e. The van der Waals surface area contributed by atoms with Crippen molar-refractivity contribution in [1.82, 2.24) is 5.32 Å². The van der Waals surface area contributed by atoms with Crippen LogP contribution in [0.25, 0.3) is 0 Å². The number of nitrogens with one attached hydrogen (secondary N) is 1. The molecule has 0 aliphatic carbocycles. The van der Waals surface area contributed by atoms with E-state index in [4.69, 9.17) is 9.53 Å². The molecule has 0 saturated heterocycles. The van der Waals surface area contributed by atoms with Gasteiger partial charge in [-0.1, -0.05) is 20.8 Å². The molecule has 0 heterocycles. The van der Waals surface area contributed by atoms with Crippen LogP contribution in [0.3, 0.4) is 0 Å². The Morgan fingerprint density at radius 2 is 1.70 bits per heavy atom. The zero-order valence-electron chi connectivity index (χ0n) is 13.3. The summed E-state index contributed by atoms with van der Waals surface area (Å²) < 4.78 is 45.4. The van der Waals surface area contributed by atoms with E-state index in [0.717, 1.165) is 0 Å². The molecule has 0 fully saturated rings. The fraction of sp³-hybridized carbons (Fsp3) is 1.00. The van der Waals surface area contributed by atoms with Crippen molar-refractivity contribution in [3.8, 4) is 0 Å². The summed E-state index contributed by atoms with van der Waals surface area (Å²) >= 11 is 0. The van der Waals surface area contributed by atoms with E-state index in [1.165, 1.54) is 7.05 Å². The van der Waals surface area contributed by atoms with Gasteiger partial charge in [-0.3, -0.25) is 0 Å². The summed E-state index contributed by atoms with van der Waals surface area (Å²) in [5, 5.41) is 11.5. The largest absolute Gasteiger partial charge is 0.413 e. The van der Waals surface area contributed by atoms with Crippen LogP contribution in [0.5, 0.6) is 0 Å². The van der Waals surface area contributed by atoms with Crippen LogP contribution in [-0.2, 0) is 4.43 Å². The van der Waals surface area contributed by atoms with Crippen LogP contribution in [0.1, 0.15) is 27.2 Å². The summed E-state index contributed by atoms with van der Waals surface area (Å²) in [6.45, 7) is 9.27. The second-order valence-electron chi connectivity index (χ2n) is 6.63. The first-order chi connectivity index (χ1) is 8.86. The Labute approximate surface area is 121 Å². The number of aliphatic hydroxyl groups is 1. The highest BCUT2D eigenvalue weighted by Crippen LogP contribution is 2.40. The molecule has 0 aromatic rings. The number of aliphatic hydroxyl groups excluding tert-OH is 1. The predicted molar refractivity (Wildman–Crippen MR) is 77.2 cm³/mol. The van der Waals surface area contributed by atoms with Gasteiger partial charge in [0.15, 0.2) is 8.32 Å². The van der Waals surface area contributed by atoms with E-state index in [1.54, 1.807) is 0 Å². The zero-order chi connectivity index (χ0) is 16.2. The van der Waals surface area contributed by atoms with Gasteiger partial charge in [0.05, 0.1) is 12.0 Å². The summed E-state index contributed by atoms with van der Waals surface area (Å²) in [7, 11) is -0.828. The van der Waals surface area contributed by atoms with Crippen LogP contribution < -0.4 is 5.32 Å². The standard InChI is InChI=1S/C13H28F3NO2Si/c1-12(2,3)20(5,6)19-11(7-8-18)10(9-17-4)13(14,15)16/h10-11,17-18H,7-9H2,1-6H3. The molecule has 0 radical (unpaired) electrons. The van der Waals surface area contributed by atoms with Crippen molar-refractivity contribution in [2.24, 2.45) is 5.92 Å². The Balaban J connectivity index is 5.21. The maximum absolute atomic E-state index is 13.2. The number of halogens is 3. The molecule has 0 aliphatic heterocycles.